The van der Waals surface area contributed by atoms with Gasteiger partial charge in [-0.3, -0.25) is 4.68 Å². The Labute approximate surface area is 100 Å². The maximum Gasteiger partial charge on any atom is 0.109 e. The Morgan fingerprint density at radius 2 is 2.38 bits per heavy atom. The minimum absolute atomic E-state index is 0.0524. The lowest BCUT2D eigenvalue weighted by Crippen LogP contribution is -2.29. The first-order valence-electron chi connectivity index (χ1n) is 5.65. The summed E-state index contributed by atoms with van der Waals surface area (Å²) in [5, 5.41) is 15.4. The van der Waals surface area contributed by atoms with Crippen molar-refractivity contribution in [3.63, 3.8) is 0 Å². The van der Waals surface area contributed by atoms with Gasteiger partial charge in [-0.15, -0.1) is 0 Å². The molecule has 1 aromatic heterocycles. The number of nitrogens with two attached hydrogens (primary N) is 1. The maximum atomic E-state index is 10.6. The van der Waals surface area contributed by atoms with Crippen molar-refractivity contribution in [1.82, 2.24) is 9.78 Å². The van der Waals surface area contributed by atoms with Crippen LogP contribution >= 0.6 is 11.6 Å². The van der Waals surface area contributed by atoms with Crippen LogP contribution in [-0.2, 0) is 5.60 Å². The minimum atomic E-state index is -0.905. The van der Waals surface area contributed by atoms with Crippen LogP contribution in [0, 0.1) is 0 Å². The van der Waals surface area contributed by atoms with Crippen molar-refractivity contribution >= 4 is 11.6 Å². The molecule has 0 aromatic carbocycles. The molecule has 90 valence electrons. The van der Waals surface area contributed by atoms with Crippen molar-refractivity contribution in [3.8, 4) is 0 Å². The van der Waals surface area contributed by atoms with E-state index >= 15 is 0 Å². The Hall–Kier alpha value is -0.580. The van der Waals surface area contributed by atoms with E-state index in [0.717, 1.165) is 12.1 Å². The molecule has 1 heterocycles. The summed E-state index contributed by atoms with van der Waals surface area (Å²) in [5.41, 5.74) is 5.67. The van der Waals surface area contributed by atoms with Crippen LogP contribution in [0.15, 0.2) is 6.20 Å². The van der Waals surface area contributed by atoms with Crippen molar-refractivity contribution in [2.24, 2.45) is 5.73 Å². The highest BCUT2D eigenvalue weighted by atomic mass is 35.5. The topological polar surface area (TPSA) is 64.1 Å². The first-order valence-corrected chi connectivity index (χ1v) is 6.03. The average Bonchev–Trinajstić information content (AvgIpc) is 2.71. The monoisotopic (exact) mass is 243 g/mol. The molecule has 0 saturated heterocycles. The molecule has 1 saturated carbocycles. The quantitative estimate of drug-likeness (QED) is 0.833. The van der Waals surface area contributed by atoms with Crippen molar-refractivity contribution < 1.29 is 5.11 Å². The fraction of sp³-hybridized carbons (Fsp3) is 0.727. The molecule has 2 atom stereocenters. The Bertz CT molecular complexity index is 391. The normalized spacial score (nSPS) is 30.2. The predicted molar refractivity (Wildman–Crippen MR) is 63.3 cm³/mol. The molecular weight excluding hydrogens is 226 g/mol. The van der Waals surface area contributed by atoms with Crippen LogP contribution in [0.25, 0.3) is 0 Å². The third kappa shape index (κ3) is 1.85. The fourth-order valence-corrected chi connectivity index (χ4v) is 2.75. The molecule has 1 aliphatic rings. The summed E-state index contributed by atoms with van der Waals surface area (Å²) < 4.78 is 1.79. The van der Waals surface area contributed by atoms with Crippen LogP contribution in [0.1, 0.15) is 44.8 Å². The molecular formula is C11H18ClN3O. The van der Waals surface area contributed by atoms with E-state index < -0.39 is 5.60 Å². The van der Waals surface area contributed by atoms with Crippen LogP contribution in [0.4, 0.5) is 0 Å². The van der Waals surface area contributed by atoms with Crippen molar-refractivity contribution in [1.29, 1.82) is 0 Å². The molecule has 2 rings (SSSR count). The van der Waals surface area contributed by atoms with Crippen LogP contribution in [0.3, 0.4) is 0 Å². The number of halogens is 1. The van der Waals surface area contributed by atoms with Gasteiger partial charge in [-0.2, -0.15) is 5.10 Å². The maximum absolute atomic E-state index is 10.6. The zero-order valence-corrected chi connectivity index (χ0v) is 10.4. The van der Waals surface area contributed by atoms with Gasteiger partial charge in [0.25, 0.3) is 0 Å². The third-order valence-corrected chi connectivity index (χ3v) is 3.49. The second-order valence-corrected chi connectivity index (χ2v) is 5.32. The summed E-state index contributed by atoms with van der Waals surface area (Å²) in [6.07, 6.45) is 3.65. The highest BCUT2D eigenvalue weighted by Crippen LogP contribution is 2.41. The smallest absolute Gasteiger partial charge is 0.109 e. The Kier molecular flexibility index (Phi) is 2.99. The molecule has 1 aromatic rings. The fourth-order valence-electron chi connectivity index (χ4n) is 2.45. The summed E-state index contributed by atoms with van der Waals surface area (Å²) in [4.78, 5) is 0. The highest BCUT2D eigenvalue weighted by molar-refractivity contribution is 6.31. The summed E-state index contributed by atoms with van der Waals surface area (Å²) >= 11 is 6.12. The molecule has 0 amide bonds. The van der Waals surface area contributed by atoms with Gasteiger partial charge < -0.3 is 10.8 Å². The zero-order valence-electron chi connectivity index (χ0n) is 9.65. The number of rotatable bonds is 2. The molecule has 2 unspecified atom stereocenters. The van der Waals surface area contributed by atoms with E-state index in [1.54, 1.807) is 10.9 Å². The van der Waals surface area contributed by atoms with Gasteiger partial charge in [0.2, 0.25) is 0 Å². The Morgan fingerprint density at radius 3 is 2.88 bits per heavy atom. The van der Waals surface area contributed by atoms with Crippen molar-refractivity contribution in [2.45, 2.75) is 50.8 Å². The second kappa shape index (κ2) is 4.02. The van der Waals surface area contributed by atoms with Gasteiger partial charge in [0.15, 0.2) is 0 Å². The van der Waals surface area contributed by atoms with Gasteiger partial charge in [0.05, 0.1) is 16.9 Å². The molecule has 1 aliphatic carbocycles. The van der Waals surface area contributed by atoms with E-state index in [4.69, 9.17) is 17.3 Å². The van der Waals surface area contributed by atoms with Crippen LogP contribution < -0.4 is 5.73 Å². The molecule has 5 heteroatoms. The molecule has 0 aliphatic heterocycles. The zero-order chi connectivity index (χ0) is 11.9. The summed E-state index contributed by atoms with van der Waals surface area (Å²) in [6, 6.07) is 0.236. The van der Waals surface area contributed by atoms with Crippen molar-refractivity contribution in [3.05, 3.63) is 16.9 Å². The summed E-state index contributed by atoms with van der Waals surface area (Å²) in [6.45, 7) is 4.04. The lowest BCUT2D eigenvalue weighted by atomic mass is 9.97. The van der Waals surface area contributed by atoms with Gasteiger partial charge in [-0.1, -0.05) is 11.6 Å². The predicted octanol–water partition coefficient (Wildman–Crippen LogP) is 1.82. The van der Waals surface area contributed by atoms with Gasteiger partial charge in [-0.25, -0.2) is 0 Å². The summed E-state index contributed by atoms with van der Waals surface area (Å²) in [7, 11) is 0. The average molecular weight is 244 g/mol. The first-order chi connectivity index (χ1) is 7.44. The van der Waals surface area contributed by atoms with Gasteiger partial charge in [0.1, 0.15) is 5.60 Å². The van der Waals surface area contributed by atoms with E-state index in [2.05, 4.69) is 5.10 Å². The third-order valence-electron chi connectivity index (χ3n) is 3.21. The summed E-state index contributed by atoms with van der Waals surface area (Å²) in [5.74, 6) is 0. The molecule has 4 nitrogen and oxygen atoms in total. The van der Waals surface area contributed by atoms with Gasteiger partial charge in [0, 0.05) is 12.1 Å². The van der Waals surface area contributed by atoms with E-state index in [-0.39, 0.29) is 12.1 Å². The van der Waals surface area contributed by atoms with Crippen LogP contribution in [0.5, 0.6) is 0 Å². The van der Waals surface area contributed by atoms with E-state index in [1.165, 1.54) is 0 Å². The van der Waals surface area contributed by atoms with E-state index in [0.29, 0.717) is 17.9 Å². The number of aromatic nitrogens is 2. The molecule has 0 spiro atoms. The van der Waals surface area contributed by atoms with Crippen LogP contribution in [-0.4, -0.2) is 20.9 Å². The van der Waals surface area contributed by atoms with E-state index in [1.807, 2.05) is 13.8 Å². The van der Waals surface area contributed by atoms with Gasteiger partial charge in [-0.05, 0) is 33.1 Å². The largest absolute Gasteiger partial charge is 0.383 e. The number of aliphatic hydroxyl groups is 1. The van der Waals surface area contributed by atoms with Crippen molar-refractivity contribution in [2.75, 3.05) is 0 Å². The number of nitrogens with zero attached hydrogens (tertiary/aromatic N) is 2. The molecule has 3 N–H and O–H groups in total. The number of hydrogen-bond donors (Lipinski definition) is 2. The Morgan fingerprint density at radius 1 is 1.69 bits per heavy atom. The lowest BCUT2D eigenvalue weighted by molar-refractivity contribution is 0.0326. The molecule has 1 fully saturated rings. The lowest BCUT2D eigenvalue weighted by Gasteiger charge is -2.25. The first kappa shape index (κ1) is 11.9. The SMILES string of the molecule is CC(C)n1ncc(Cl)c1C1(O)CCC(N)C1. The molecule has 0 radical (unpaired) electrons. The Balaban J connectivity index is 2.43. The minimum Gasteiger partial charge on any atom is -0.383 e. The number of hydrogen-bond acceptors (Lipinski definition) is 3. The molecule has 16 heavy (non-hydrogen) atoms. The standard InChI is InChI=1S/C11H18ClN3O/c1-7(2)15-10(9(12)6-14-15)11(16)4-3-8(13)5-11/h6-8,16H,3-5,13H2,1-2H3. The highest BCUT2D eigenvalue weighted by Gasteiger charge is 2.41. The van der Waals surface area contributed by atoms with E-state index in [9.17, 15) is 5.11 Å². The van der Waals surface area contributed by atoms with Gasteiger partial charge >= 0.3 is 0 Å². The second-order valence-electron chi connectivity index (χ2n) is 4.91. The van der Waals surface area contributed by atoms with Crippen LogP contribution in [0.2, 0.25) is 5.02 Å². The molecule has 0 bridgehead atoms.